The number of carbonyl (C=O) groups is 1. The number of amides is 1. The molecule has 9 nitrogen and oxygen atoms in total. The minimum absolute atomic E-state index is 0.164. The second kappa shape index (κ2) is 6.72. The predicted molar refractivity (Wildman–Crippen MR) is 98.9 cm³/mol. The predicted octanol–water partition coefficient (Wildman–Crippen LogP) is 2.36. The van der Waals surface area contributed by atoms with Gasteiger partial charge in [-0.3, -0.25) is 14.5 Å². The van der Waals surface area contributed by atoms with Gasteiger partial charge in [-0.05, 0) is 12.1 Å². The molecule has 0 unspecified atom stereocenters. The molecule has 0 saturated carbocycles. The van der Waals surface area contributed by atoms with Gasteiger partial charge in [-0.2, -0.15) is 10.1 Å². The van der Waals surface area contributed by atoms with Crippen molar-refractivity contribution in [2.24, 2.45) is 7.05 Å². The summed E-state index contributed by atoms with van der Waals surface area (Å²) in [6.07, 6.45) is 6.90. The van der Waals surface area contributed by atoms with Gasteiger partial charge in [0.25, 0.3) is 11.8 Å². The van der Waals surface area contributed by atoms with E-state index in [0.717, 1.165) is 15.4 Å². The molecule has 0 aliphatic carbocycles. The third-order valence-corrected chi connectivity index (χ3v) is 4.78. The maximum Gasteiger partial charge on any atom is 0.271 e. The average molecular weight is 381 g/mol. The van der Waals surface area contributed by atoms with Gasteiger partial charge in [0, 0.05) is 44.7 Å². The van der Waals surface area contributed by atoms with Gasteiger partial charge in [-0.25, -0.2) is 4.98 Å². The molecule has 0 saturated heterocycles. The van der Waals surface area contributed by atoms with Crippen molar-refractivity contribution in [3.05, 3.63) is 42.6 Å². The molecule has 4 rings (SSSR count). The van der Waals surface area contributed by atoms with Crippen LogP contribution in [0.5, 0.6) is 0 Å². The number of hydrogen-bond acceptors (Lipinski definition) is 8. The quantitative estimate of drug-likeness (QED) is 0.534. The van der Waals surface area contributed by atoms with Crippen LogP contribution >= 0.6 is 11.3 Å². The minimum atomic E-state index is -0.164. The Labute approximate surface area is 158 Å². The Morgan fingerprint density at radius 3 is 2.67 bits per heavy atom. The highest BCUT2D eigenvalue weighted by Gasteiger charge is 2.16. The molecule has 0 bridgehead atoms. The van der Waals surface area contributed by atoms with Crippen LogP contribution in [0.3, 0.4) is 0 Å². The number of nitrogens with zero attached hydrogens (tertiary/aromatic N) is 7. The normalized spacial score (nSPS) is 10.9. The molecular formula is C17H15N7O2S. The highest BCUT2D eigenvalue weighted by atomic mass is 32.1. The van der Waals surface area contributed by atoms with Gasteiger partial charge in [0.2, 0.25) is 5.82 Å². The third kappa shape index (κ3) is 3.34. The second-order valence-corrected chi connectivity index (χ2v) is 7.02. The molecule has 4 heterocycles. The van der Waals surface area contributed by atoms with E-state index >= 15 is 0 Å². The molecule has 1 amide bonds. The number of pyridine rings is 1. The van der Waals surface area contributed by atoms with E-state index in [2.05, 4.69) is 25.2 Å². The van der Waals surface area contributed by atoms with Crippen LogP contribution in [0.15, 0.2) is 41.4 Å². The molecule has 0 aromatic carbocycles. The zero-order valence-electron chi connectivity index (χ0n) is 14.8. The Bertz CT molecular complexity index is 1090. The van der Waals surface area contributed by atoms with Crippen molar-refractivity contribution in [1.29, 1.82) is 0 Å². The Morgan fingerprint density at radius 2 is 2.00 bits per heavy atom. The Kier molecular flexibility index (Phi) is 4.24. The lowest BCUT2D eigenvalue weighted by Crippen LogP contribution is -2.22. The van der Waals surface area contributed by atoms with Gasteiger partial charge in [0.05, 0.1) is 12.4 Å². The maximum absolute atomic E-state index is 11.9. The van der Waals surface area contributed by atoms with E-state index < -0.39 is 0 Å². The standard InChI is InChI=1S/C17H15N7O2S/c1-23(2)17(25)12-5-4-10(6-18-12)14-21-15(26-22-14)13-8-19-16(27-13)11-7-20-24(3)9-11/h4-9H,1-3H3. The van der Waals surface area contributed by atoms with Gasteiger partial charge in [0.1, 0.15) is 15.6 Å². The number of hydrogen-bond donors (Lipinski definition) is 0. The minimum Gasteiger partial charge on any atom is -0.343 e. The molecule has 0 radical (unpaired) electrons. The summed E-state index contributed by atoms with van der Waals surface area (Å²) >= 11 is 1.44. The molecule has 0 aliphatic heterocycles. The van der Waals surface area contributed by atoms with Crippen LogP contribution in [0.2, 0.25) is 0 Å². The third-order valence-electron chi connectivity index (χ3n) is 3.74. The molecule has 0 aliphatic rings. The van der Waals surface area contributed by atoms with Crippen LogP contribution < -0.4 is 0 Å². The summed E-state index contributed by atoms with van der Waals surface area (Å²) in [5, 5.41) is 8.97. The lowest BCUT2D eigenvalue weighted by molar-refractivity contribution is 0.0822. The van der Waals surface area contributed by atoms with E-state index in [-0.39, 0.29) is 5.91 Å². The monoisotopic (exact) mass is 381 g/mol. The molecule has 27 heavy (non-hydrogen) atoms. The molecule has 136 valence electrons. The highest BCUT2D eigenvalue weighted by molar-refractivity contribution is 7.18. The van der Waals surface area contributed by atoms with Crippen LogP contribution in [0.25, 0.3) is 32.7 Å². The van der Waals surface area contributed by atoms with E-state index in [1.807, 2.05) is 13.2 Å². The Balaban J connectivity index is 1.57. The first-order chi connectivity index (χ1) is 13.0. The maximum atomic E-state index is 11.9. The summed E-state index contributed by atoms with van der Waals surface area (Å²) in [6, 6.07) is 3.38. The fraction of sp³-hybridized carbons (Fsp3) is 0.176. The zero-order chi connectivity index (χ0) is 19.0. The summed E-state index contributed by atoms with van der Waals surface area (Å²) in [4.78, 5) is 27.1. The summed E-state index contributed by atoms with van der Waals surface area (Å²) in [5.41, 5.74) is 1.95. The van der Waals surface area contributed by atoms with E-state index in [4.69, 9.17) is 4.52 Å². The van der Waals surface area contributed by atoms with Crippen molar-refractivity contribution >= 4 is 17.2 Å². The average Bonchev–Trinajstić information content (AvgIpc) is 3.40. The number of thiazole rings is 1. The molecule has 10 heteroatoms. The molecule has 4 aromatic rings. The van der Waals surface area contributed by atoms with Crippen LogP contribution in [-0.4, -0.2) is 54.8 Å². The van der Waals surface area contributed by atoms with Crippen molar-refractivity contribution in [1.82, 2.24) is 34.8 Å². The van der Waals surface area contributed by atoms with Crippen molar-refractivity contribution in [2.75, 3.05) is 14.1 Å². The zero-order valence-corrected chi connectivity index (χ0v) is 15.6. The topological polar surface area (TPSA) is 103 Å². The molecule has 0 spiro atoms. The van der Waals surface area contributed by atoms with E-state index in [9.17, 15) is 4.79 Å². The molecule has 4 aromatic heterocycles. The first-order valence-electron chi connectivity index (χ1n) is 7.98. The van der Waals surface area contributed by atoms with Crippen LogP contribution in [0.1, 0.15) is 10.5 Å². The summed E-state index contributed by atoms with van der Waals surface area (Å²) in [7, 11) is 5.21. The SMILES string of the molecule is CN(C)C(=O)c1ccc(-c2noc(-c3cnc(-c4cnn(C)c4)s3)n2)cn1. The number of aryl methyl sites for hydroxylation is 1. The number of rotatable bonds is 4. The summed E-state index contributed by atoms with van der Waals surface area (Å²) < 4.78 is 7.08. The van der Waals surface area contributed by atoms with Crippen LogP contribution in [0.4, 0.5) is 0 Å². The molecule has 0 N–H and O–H groups in total. The molecular weight excluding hydrogens is 366 g/mol. The van der Waals surface area contributed by atoms with Gasteiger partial charge < -0.3 is 9.42 Å². The Morgan fingerprint density at radius 1 is 1.15 bits per heavy atom. The van der Waals surface area contributed by atoms with Gasteiger partial charge >= 0.3 is 0 Å². The van der Waals surface area contributed by atoms with Crippen molar-refractivity contribution in [3.63, 3.8) is 0 Å². The lowest BCUT2D eigenvalue weighted by Gasteiger charge is -2.08. The first-order valence-corrected chi connectivity index (χ1v) is 8.80. The number of carbonyl (C=O) groups excluding carboxylic acids is 1. The van der Waals surface area contributed by atoms with Gasteiger partial charge in [-0.15, -0.1) is 11.3 Å². The van der Waals surface area contributed by atoms with Crippen molar-refractivity contribution < 1.29 is 9.32 Å². The van der Waals surface area contributed by atoms with Crippen molar-refractivity contribution in [2.45, 2.75) is 0 Å². The van der Waals surface area contributed by atoms with E-state index in [1.54, 1.807) is 49.5 Å². The molecule has 0 atom stereocenters. The first kappa shape index (κ1) is 17.0. The fourth-order valence-corrected chi connectivity index (χ4v) is 3.17. The van der Waals surface area contributed by atoms with Gasteiger partial charge in [-0.1, -0.05) is 5.16 Å². The van der Waals surface area contributed by atoms with E-state index in [0.29, 0.717) is 23.0 Å². The van der Waals surface area contributed by atoms with Crippen LogP contribution in [0, 0.1) is 0 Å². The Hall–Kier alpha value is -3.40. The lowest BCUT2D eigenvalue weighted by atomic mass is 10.2. The second-order valence-electron chi connectivity index (χ2n) is 5.99. The van der Waals surface area contributed by atoms with E-state index in [1.165, 1.54) is 16.2 Å². The largest absolute Gasteiger partial charge is 0.343 e. The fourth-order valence-electron chi connectivity index (χ4n) is 2.36. The number of aromatic nitrogens is 6. The highest BCUT2D eigenvalue weighted by Crippen LogP contribution is 2.31. The summed E-state index contributed by atoms with van der Waals surface area (Å²) in [6.45, 7) is 0. The van der Waals surface area contributed by atoms with Gasteiger partial charge in [0.15, 0.2) is 0 Å². The van der Waals surface area contributed by atoms with Crippen molar-refractivity contribution in [3.8, 4) is 32.7 Å². The van der Waals surface area contributed by atoms with Crippen LogP contribution in [-0.2, 0) is 7.05 Å². The molecule has 0 fully saturated rings. The smallest absolute Gasteiger partial charge is 0.271 e. The summed E-state index contributed by atoms with van der Waals surface area (Å²) in [5.74, 6) is 0.617.